The molecule has 1 aliphatic heterocycles. The molecule has 2 rings (SSSR count). The van der Waals surface area contributed by atoms with Gasteiger partial charge in [0.1, 0.15) is 13.2 Å². The summed E-state index contributed by atoms with van der Waals surface area (Å²) >= 11 is 1.76. The van der Waals surface area contributed by atoms with Crippen LogP contribution >= 0.6 is 11.8 Å². The first-order valence-electron chi connectivity index (χ1n) is 7.30. The van der Waals surface area contributed by atoms with E-state index in [0.717, 1.165) is 24.0 Å². The van der Waals surface area contributed by atoms with E-state index in [4.69, 9.17) is 9.47 Å². The Balaban J connectivity index is 2.06. The SMILES string of the molecule is CSc1cc2c(cc1CNC(C)CC(C)C)OCCO2. The quantitative estimate of drug-likeness (QED) is 0.811. The Morgan fingerprint density at radius 1 is 1.15 bits per heavy atom. The van der Waals surface area contributed by atoms with Gasteiger partial charge in [0.2, 0.25) is 0 Å². The number of thioether (sulfide) groups is 1. The van der Waals surface area contributed by atoms with Crippen LogP contribution in [0.2, 0.25) is 0 Å². The minimum atomic E-state index is 0.526. The van der Waals surface area contributed by atoms with Crippen molar-refractivity contribution < 1.29 is 9.47 Å². The van der Waals surface area contributed by atoms with E-state index < -0.39 is 0 Å². The van der Waals surface area contributed by atoms with Gasteiger partial charge in [-0.15, -0.1) is 11.8 Å². The van der Waals surface area contributed by atoms with E-state index >= 15 is 0 Å². The maximum absolute atomic E-state index is 5.67. The first-order valence-corrected chi connectivity index (χ1v) is 8.52. The molecular formula is C16H25NO2S. The van der Waals surface area contributed by atoms with Gasteiger partial charge in [-0.3, -0.25) is 0 Å². The molecule has 1 aromatic rings. The van der Waals surface area contributed by atoms with Crippen molar-refractivity contribution >= 4 is 11.8 Å². The average Bonchev–Trinajstić information content (AvgIpc) is 2.43. The summed E-state index contributed by atoms with van der Waals surface area (Å²) in [6, 6.07) is 4.75. The number of rotatable bonds is 6. The molecule has 112 valence electrons. The van der Waals surface area contributed by atoms with Gasteiger partial charge in [-0.25, -0.2) is 0 Å². The van der Waals surface area contributed by atoms with Crippen LogP contribution in [-0.4, -0.2) is 25.5 Å². The zero-order chi connectivity index (χ0) is 14.5. The van der Waals surface area contributed by atoms with Gasteiger partial charge in [-0.1, -0.05) is 13.8 Å². The van der Waals surface area contributed by atoms with Crippen LogP contribution in [0.3, 0.4) is 0 Å². The largest absolute Gasteiger partial charge is 0.486 e. The Labute approximate surface area is 126 Å². The van der Waals surface area contributed by atoms with Gasteiger partial charge in [-0.2, -0.15) is 0 Å². The lowest BCUT2D eigenvalue weighted by Crippen LogP contribution is -2.27. The van der Waals surface area contributed by atoms with Gasteiger partial charge in [-0.05, 0) is 43.2 Å². The van der Waals surface area contributed by atoms with Crippen LogP contribution in [0, 0.1) is 5.92 Å². The van der Waals surface area contributed by atoms with Crippen LogP contribution in [0.4, 0.5) is 0 Å². The molecule has 1 N–H and O–H groups in total. The predicted octanol–water partition coefficient (Wildman–Crippen LogP) is 3.70. The van der Waals surface area contributed by atoms with Crippen LogP contribution in [-0.2, 0) is 6.54 Å². The predicted molar refractivity (Wildman–Crippen MR) is 85.0 cm³/mol. The van der Waals surface area contributed by atoms with E-state index in [2.05, 4.69) is 44.5 Å². The lowest BCUT2D eigenvalue weighted by Gasteiger charge is -2.22. The van der Waals surface area contributed by atoms with Gasteiger partial charge in [0.15, 0.2) is 11.5 Å². The number of benzene rings is 1. The van der Waals surface area contributed by atoms with Crippen LogP contribution in [0.5, 0.6) is 11.5 Å². The second kappa shape index (κ2) is 7.23. The molecule has 1 aromatic carbocycles. The minimum absolute atomic E-state index is 0.526. The number of hydrogen-bond acceptors (Lipinski definition) is 4. The summed E-state index contributed by atoms with van der Waals surface area (Å²) < 4.78 is 11.3. The summed E-state index contributed by atoms with van der Waals surface area (Å²) in [5.74, 6) is 2.47. The van der Waals surface area contributed by atoms with Gasteiger partial charge < -0.3 is 14.8 Å². The maximum Gasteiger partial charge on any atom is 0.162 e. The molecule has 1 atom stereocenters. The van der Waals surface area contributed by atoms with E-state index in [1.807, 2.05) is 0 Å². The fourth-order valence-corrected chi connectivity index (χ4v) is 3.13. The summed E-state index contributed by atoms with van der Waals surface area (Å²) in [4.78, 5) is 1.26. The molecule has 0 fully saturated rings. The van der Waals surface area contributed by atoms with E-state index in [1.165, 1.54) is 16.9 Å². The zero-order valence-corrected chi connectivity index (χ0v) is 13.7. The van der Waals surface area contributed by atoms with E-state index in [0.29, 0.717) is 19.3 Å². The molecule has 1 aliphatic rings. The van der Waals surface area contributed by atoms with E-state index in [9.17, 15) is 0 Å². The molecule has 0 radical (unpaired) electrons. The molecule has 20 heavy (non-hydrogen) atoms. The number of ether oxygens (including phenoxy) is 2. The van der Waals surface area contributed by atoms with Crippen molar-refractivity contribution in [2.45, 2.75) is 44.7 Å². The summed E-state index contributed by atoms with van der Waals surface area (Å²) in [6.45, 7) is 8.93. The van der Waals surface area contributed by atoms with Crippen molar-refractivity contribution in [3.8, 4) is 11.5 Å². The Kier molecular flexibility index (Phi) is 5.61. The smallest absolute Gasteiger partial charge is 0.162 e. The second-order valence-electron chi connectivity index (χ2n) is 5.72. The van der Waals surface area contributed by atoms with Crippen molar-refractivity contribution in [2.24, 2.45) is 5.92 Å². The number of fused-ring (bicyclic) bond motifs is 1. The van der Waals surface area contributed by atoms with Crippen molar-refractivity contribution in [2.75, 3.05) is 19.5 Å². The summed E-state index contributed by atoms with van der Waals surface area (Å²) in [5, 5.41) is 3.60. The van der Waals surface area contributed by atoms with Crippen molar-refractivity contribution in [1.82, 2.24) is 5.32 Å². The van der Waals surface area contributed by atoms with Gasteiger partial charge in [0, 0.05) is 17.5 Å². The van der Waals surface area contributed by atoms with E-state index in [1.54, 1.807) is 11.8 Å². The second-order valence-corrected chi connectivity index (χ2v) is 6.57. The average molecular weight is 295 g/mol. The highest BCUT2D eigenvalue weighted by Crippen LogP contribution is 2.36. The van der Waals surface area contributed by atoms with Gasteiger partial charge in [0.05, 0.1) is 0 Å². The minimum Gasteiger partial charge on any atom is -0.486 e. The molecule has 3 nitrogen and oxygen atoms in total. The lowest BCUT2D eigenvalue weighted by atomic mass is 10.0. The van der Waals surface area contributed by atoms with Crippen LogP contribution in [0.15, 0.2) is 17.0 Å². The van der Waals surface area contributed by atoms with Crippen molar-refractivity contribution in [3.05, 3.63) is 17.7 Å². The highest BCUT2D eigenvalue weighted by molar-refractivity contribution is 7.98. The van der Waals surface area contributed by atoms with E-state index in [-0.39, 0.29) is 0 Å². The van der Waals surface area contributed by atoms with Crippen LogP contribution in [0.1, 0.15) is 32.8 Å². The maximum atomic E-state index is 5.67. The van der Waals surface area contributed by atoms with Crippen molar-refractivity contribution in [1.29, 1.82) is 0 Å². The fourth-order valence-electron chi connectivity index (χ4n) is 2.52. The summed E-state index contributed by atoms with van der Waals surface area (Å²) in [5.41, 5.74) is 1.29. The molecule has 0 aliphatic carbocycles. The van der Waals surface area contributed by atoms with Crippen LogP contribution < -0.4 is 14.8 Å². The topological polar surface area (TPSA) is 30.5 Å². The molecule has 0 bridgehead atoms. The molecule has 1 heterocycles. The standard InChI is InChI=1S/C16H25NO2S/c1-11(2)7-12(3)17-10-13-8-14-15(9-16(13)20-4)19-6-5-18-14/h8-9,11-12,17H,5-7,10H2,1-4H3. The molecule has 1 unspecified atom stereocenters. The van der Waals surface area contributed by atoms with Crippen LogP contribution in [0.25, 0.3) is 0 Å². The van der Waals surface area contributed by atoms with Gasteiger partial charge >= 0.3 is 0 Å². The molecule has 0 saturated heterocycles. The molecule has 0 saturated carbocycles. The third-order valence-electron chi connectivity index (χ3n) is 3.41. The number of nitrogens with one attached hydrogen (secondary N) is 1. The Bertz CT molecular complexity index is 448. The Morgan fingerprint density at radius 3 is 2.40 bits per heavy atom. The lowest BCUT2D eigenvalue weighted by molar-refractivity contribution is 0.171. The number of hydrogen-bond donors (Lipinski definition) is 1. The summed E-state index contributed by atoms with van der Waals surface area (Å²) in [7, 11) is 0. The third-order valence-corrected chi connectivity index (χ3v) is 4.23. The Morgan fingerprint density at radius 2 is 1.80 bits per heavy atom. The summed E-state index contributed by atoms with van der Waals surface area (Å²) in [6.07, 6.45) is 3.30. The molecular weight excluding hydrogens is 270 g/mol. The third kappa shape index (κ3) is 4.06. The highest BCUT2D eigenvalue weighted by atomic mass is 32.2. The van der Waals surface area contributed by atoms with Gasteiger partial charge in [0.25, 0.3) is 0 Å². The first-order chi connectivity index (χ1) is 9.60. The Hall–Kier alpha value is -0.870. The monoisotopic (exact) mass is 295 g/mol. The molecule has 0 aromatic heterocycles. The normalized spacial score (nSPS) is 15.4. The fraction of sp³-hybridized carbons (Fsp3) is 0.625. The van der Waals surface area contributed by atoms with Crippen molar-refractivity contribution in [3.63, 3.8) is 0 Å². The highest BCUT2D eigenvalue weighted by Gasteiger charge is 2.16. The molecule has 0 spiro atoms. The molecule has 4 heteroatoms. The zero-order valence-electron chi connectivity index (χ0n) is 12.9. The first kappa shape index (κ1) is 15.5. The molecule has 0 amide bonds.